The third-order valence-corrected chi connectivity index (χ3v) is 3.38. The van der Waals surface area contributed by atoms with Crippen molar-refractivity contribution in [3.63, 3.8) is 0 Å². The van der Waals surface area contributed by atoms with Crippen LogP contribution in [0.15, 0.2) is 54.6 Å². The lowest BCUT2D eigenvalue weighted by atomic mass is 10.1. The highest BCUT2D eigenvalue weighted by atomic mass is 35.5. The Morgan fingerprint density at radius 3 is 2.43 bits per heavy atom. The number of alkyl halides is 3. The first-order valence-corrected chi connectivity index (χ1v) is 6.79. The van der Waals surface area contributed by atoms with Gasteiger partial charge in [-0.1, -0.05) is 18.2 Å². The molecule has 0 atom stereocenters. The van der Waals surface area contributed by atoms with Crippen LogP contribution < -0.4 is 22.7 Å². The zero-order valence-corrected chi connectivity index (χ0v) is 13.0. The number of hydrogen-bond donors (Lipinski definition) is 1. The molecule has 0 radical (unpaired) electrons. The molecule has 0 fully saturated rings. The van der Waals surface area contributed by atoms with Crippen molar-refractivity contribution >= 4 is 22.3 Å². The number of fused-ring (bicyclic) bond motifs is 1. The molecule has 0 aliphatic carbocycles. The summed E-state index contributed by atoms with van der Waals surface area (Å²) in [6.45, 7) is 1.91. The summed E-state index contributed by atoms with van der Waals surface area (Å²) in [5.74, 6) is 0. The molecule has 2 aromatic carbocycles. The Kier molecular flexibility index (Phi) is 4.80. The van der Waals surface area contributed by atoms with Crippen molar-refractivity contribution in [2.45, 2.75) is 13.1 Å². The topological polar surface area (TPSA) is 26.2 Å². The summed E-state index contributed by atoms with van der Waals surface area (Å²) in [4.78, 5) is 3.23. The van der Waals surface area contributed by atoms with Crippen molar-refractivity contribution in [3.8, 4) is 0 Å². The van der Waals surface area contributed by atoms with Crippen LogP contribution >= 0.6 is 0 Å². The molecular weight excluding hydrogens is 325 g/mol. The Bertz CT molecular complexity index is 831. The number of para-hydroxylation sites is 1. The van der Waals surface area contributed by atoms with Gasteiger partial charge in [0.05, 0.1) is 16.6 Å². The molecule has 0 amide bonds. The fourth-order valence-corrected chi connectivity index (χ4v) is 2.40. The molecule has 0 saturated heterocycles. The number of pyridine rings is 1. The minimum Gasteiger partial charge on any atom is -1.00 e. The van der Waals surface area contributed by atoms with E-state index in [2.05, 4.69) is 10.3 Å². The van der Waals surface area contributed by atoms with Gasteiger partial charge >= 0.3 is 6.18 Å². The average Bonchev–Trinajstić information content (AvgIpc) is 2.46. The van der Waals surface area contributed by atoms with Gasteiger partial charge in [-0.05, 0) is 24.3 Å². The Hall–Kier alpha value is -2.27. The smallest absolute Gasteiger partial charge is 0.416 e. The maximum Gasteiger partial charge on any atom is 0.416 e. The van der Waals surface area contributed by atoms with Gasteiger partial charge in [0.15, 0.2) is 5.69 Å². The van der Waals surface area contributed by atoms with Crippen LogP contribution in [-0.4, -0.2) is 0 Å². The van der Waals surface area contributed by atoms with Crippen molar-refractivity contribution < 1.29 is 30.6 Å². The molecule has 120 valence electrons. The standard InChI is InChI=1S/C17H13F3N2.ClH/c1-11-9-16(14-7-2-3-8-15(14)21-11)22-13-6-4-5-12(10-13)17(18,19)20;/h2-10H,1H3,(H,21,22);1H. The van der Waals surface area contributed by atoms with Crippen LogP contribution in [-0.2, 0) is 6.18 Å². The molecule has 1 aromatic heterocycles. The van der Waals surface area contributed by atoms with Crippen LogP contribution in [0, 0.1) is 6.92 Å². The average molecular weight is 339 g/mol. The zero-order chi connectivity index (χ0) is 15.7. The molecule has 0 bridgehead atoms. The van der Waals surface area contributed by atoms with Gasteiger partial charge in [0.25, 0.3) is 0 Å². The van der Waals surface area contributed by atoms with E-state index in [4.69, 9.17) is 0 Å². The Balaban J connectivity index is 0.00000192. The fraction of sp³-hybridized carbons (Fsp3) is 0.118. The van der Waals surface area contributed by atoms with Gasteiger partial charge in [-0.2, -0.15) is 13.2 Å². The number of aromatic nitrogens is 1. The number of aromatic amines is 1. The SMILES string of the molecule is Cc1cc(Nc2cccc(C(F)(F)F)c2)c2ccccc2[nH+]1.[Cl-]. The van der Waals surface area contributed by atoms with Gasteiger partial charge in [0, 0.05) is 24.7 Å². The normalized spacial score (nSPS) is 11.1. The van der Waals surface area contributed by atoms with E-state index in [1.54, 1.807) is 6.07 Å². The highest BCUT2D eigenvalue weighted by molar-refractivity contribution is 5.91. The number of nitrogens with one attached hydrogen (secondary N) is 2. The maximum absolute atomic E-state index is 12.8. The molecule has 0 spiro atoms. The van der Waals surface area contributed by atoms with E-state index in [-0.39, 0.29) is 12.4 Å². The first kappa shape index (κ1) is 17.1. The molecule has 23 heavy (non-hydrogen) atoms. The molecular formula is C17H14ClF3N2. The number of benzene rings is 2. The van der Waals surface area contributed by atoms with Crippen LogP contribution in [0.3, 0.4) is 0 Å². The largest absolute Gasteiger partial charge is 1.00 e. The Morgan fingerprint density at radius 2 is 1.70 bits per heavy atom. The zero-order valence-electron chi connectivity index (χ0n) is 12.2. The summed E-state index contributed by atoms with van der Waals surface area (Å²) in [5, 5.41) is 4.00. The van der Waals surface area contributed by atoms with Gasteiger partial charge in [-0.3, -0.25) is 0 Å². The second-order valence-corrected chi connectivity index (χ2v) is 5.12. The van der Waals surface area contributed by atoms with Crippen LogP contribution in [0.4, 0.5) is 24.5 Å². The first-order valence-electron chi connectivity index (χ1n) is 6.79. The molecule has 2 N–H and O–H groups in total. The minimum absolute atomic E-state index is 0. The Labute approximate surface area is 137 Å². The summed E-state index contributed by atoms with van der Waals surface area (Å²) in [6, 6.07) is 14.7. The molecule has 3 rings (SSSR count). The lowest BCUT2D eigenvalue weighted by Gasteiger charge is -2.11. The second kappa shape index (κ2) is 6.46. The van der Waals surface area contributed by atoms with Gasteiger partial charge in [-0.15, -0.1) is 0 Å². The van der Waals surface area contributed by atoms with Crippen LogP contribution in [0.25, 0.3) is 10.9 Å². The number of anilines is 2. The fourth-order valence-electron chi connectivity index (χ4n) is 2.40. The van der Waals surface area contributed by atoms with Crippen molar-refractivity contribution in [2.75, 3.05) is 5.32 Å². The van der Waals surface area contributed by atoms with Gasteiger partial charge in [0.2, 0.25) is 5.52 Å². The summed E-state index contributed by atoms with van der Waals surface area (Å²) in [6.07, 6.45) is -4.35. The highest BCUT2D eigenvalue weighted by Crippen LogP contribution is 2.32. The van der Waals surface area contributed by atoms with Crippen molar-refractivity contribution in [1.29, 1.82) is 0 Å². The van der Waals surface area contributed by atoms with Crippen molar-refractivity contribution in [2.24, 2.45) is 0 Å². The molecule has 1 heterocycles. The highest BCUT2D eigenvalue weighted by Gasteiger charge is 2.30. The summed E-state index contributed by atoms with van der Waals surface area (Å²) >= 11 is 0. The maximum atomic E-state index is 12.8. The van der Waals surface area contributed by atoms with Crippen molar-refractivity contribution in [1.82, 2.24) is 0 Å². The van der Waals surface area contributed by atoms with E-state index in [9.17, 15) is 13.2 Å². The van der Waals surface area contributed by atoms with E-state index < -0.39 is 11.7 Å². The number of halogens is 4. The van der Waals surface area contributed by atoms with Crippen LogP contribution in [0.5, 0.6) is 0 Å². The summed E-state index contributed by atoms with van der Waals surface area (Å²) in [7, 11) is 0. The quantitative estimate of drug-likeness (QED) is 0.757. The monoisotopic (exact) mass is 338 g/mol. The molecule has 3 aromatic rings. The van der Waals surface area contributed by atoms with Gasteiger partial charge in [0.1, 0.15) is 0 Å². The van der Waals surface area contributed by atoms with Gasteiger partial charge < -0.3 is 17.7 Å². The number of aryl methyl sites for hydroxylation is 1. The van der Waals surface area contributed by atoms with E-state index in [1.165, 1.54) is 6.07 Å². The summed E-state index contributed by atoms with van der Waals surface area (Å²) in [5.41, 5.74) is 2.36. The summed E-state index contributed by atoms with van der Waals surface area (Å²) < 4.78 is 38.4. The lowest BCUT2D eigenvalue weighted by Crippen LogP contribution is -3.00. The molecule has 2 nitrogen and oxygen atoms in total. The number of H-pyrrole nitrogens is 1. The predicted octanol–water partition coefficient (Wildman–Crippen LogP) is 1.73. The van der Waals surface area contributed by atoms with Crippen LogP contribution in [0.2, 0.25) is 0 Å². The number of hydrogen-bond acceptors (Lipinski definition) is 1. The molecule has 0 aliphatic heterocycles. The Morgan fingerprint density at radius 1 is 0.957 bits per heavy atom. The third-order valence-electron chi connectivity index (χ3n) is 3.38. The van der Waals surface area contributed by atoms with E-state index in [0.29, 0.717) is 5.69 Å². The molecule has 0 aliphatic rings. The van der Waals surface area contributed by atoms with E-state index in [1.807, 2.05) is 37.3 Å². The minimum atomic E-state index is -4.35. The van der Waals surface area contributed by atoms with E-state index in [0.717, 1.165) is 34.4 Å². The lowest BCUT2D eigenvalue weighted by molar-refractivity contribution is -0.354. The molecule has 6 heteroatoms. The third kappa shape index (κ3) is 3.74. The number of rotatable bonds is 2. The molecule has 0 saturated carbocycles. The predicted molar refractivity (Wildman–Crippen MR) is 80.0 cm³/mol. The van der Waals surface area contributed by atoms with Crippen molar-refractivity contribution in [3.05, 3.63) is 65.9 Å². The second-order valence-electron chi connectivity index (χ2n) is 5.12. The van der Waals surface area contributed by atoms with Crippen LogP contribution in [0.1, 0.15) is 11.3 Å². The van der Waals surface area contributed by atoms with Gasteiger partial charge in [-0.25, -0.2) is 4.98 Å². The van der Waals surface area contributed by atoms with E-state index >= 15 is 0 Å². The molecule has 0 unspecified atom stereocenters. The first-order chi connectivity index (χ1) is 10.4.